The Morgan fingerprint density at radius 1 is 1.03 bits per heavy atom. The van der Waals surface area contributed by atoms with E-state index in [1.807, 2.05) is 48.5 Å². The third kappa shape index (κ3) is 6.07. The van der Waals surface area contributed by atoms with Crippen LogP contribution in [0, 0.1) is 6.92 Å². The number of nitrogens with zero attached hydrogens (tertiary/aromatic N) is 1. The zero-order valence-electron chi connectivity index (χ0n) is 19.0. The number of carbonyl (C=O) groups excluding carboxylic acids is 1. The number of halogens is 1. The third-order valence-corrected chi connectivity index (χ3v) is 5.83. The molecule has 1 amide bonds. The molecule has 2 N–H and O–H groups in total. The smallest absolute Gasteiger partial charge is 0.411 e. The molecule has 4 aromatic rings. The van der Waals surface area contributed by atoms with E-state index >= 15 is 0 Å². The Hall–Kier alpha value is -4.10. The molecule has 0 spiro atoms. The second-order valence-electron chi connectivity index (χ2n) is 7.94. The van der Waals surface area contributed by atoms with E-state index in [1.54, 1.807) is 31.2 Å². The molecule has 0 saturated carbocycles. The lowest BCUT2D eigenvalue weighted by molar-refractivity contribution is 0.0696. The second kappa shape index (κ2) is 10.9. The molecule has 7 nitrogen and oxygen atoms in total. The molecule has 0 fully saturated rings. The number of nitrogens with one attached hydrogen (secondary N) is 1. The lowest BCUT2D eigenvalue weighted by Crippen LogP contribution is -2.16. The average molecular weight is 491 g/mol. The number of aromatic carboxylic acids is 1. The van der Waals surface area contributed by atoms with Crippen molar-refractivity contribution < 1.29 is 24.0 Å². The highest BCUT2D eigenvalue weighted by atomic mass is 35.5. The number of anilines is 1. The largest absolute Gasteiger partial charge is 0.478 e. The summed E-state index contributed by atoms with van der Waals surface area (Å²) in [6, 6.07) is 21.9. The summed E-state index contributed by atoms with van der Waals surface area (Å²) in [7, 11) is 0. The van der Waals surface area contributed by atoms with Gasteiger partial charge in [0.2, 0.25) is 0 Å². The maximum Gasteiger partial charge on any atom is 0.411 e. The maximum atomic E-state index is 12.4. The molecular weight excluding hydrogens is 468 g/mol. The number of amides is 1. The van der Waals surface area contributed by atoms with Crippen molar-refractivity contribution >= 4 is 29.4 Å². The van der Waals surface area contributed by atoms with E-state index in [4.69, 9.17) is 20.9 Å². The van der Waals surface area contributed by atoms with Gasteiger partial charge in [0.1, 0.15) is 11.4 Å². The van der Waals surface area contributed by atoms with Gasteiger partial charge in [0, 0.05) is 17.0 Å². The summed E-state index contributed by atoms with van der Waals surface area (Å²) < 4.78 is 10.6. The van der Waals surface area contributed by atoms with Gasteiger partial charge in [-0.05, 0) is 48.2 Å². The number of aromatic nitrogens is 1. The Kier molecular flexibility index (Phi) is 7.48. The standard InChI is InChI=1S/C27H23ClN2O5/c1-17-24(29-27(33)34-14-13-20-6-2-3-8-23(20)28)25(30-35-17)21-11-9-18(10-12-21)15-19-5-4-7-22(16-19)26(31)32/h2-12,16H,13-15H2,1H3,(H,29,33)(H,31,32). The maximum absolute atomic E-state index is 12.4. The van der Waals surface area contributed by atoms with Crippen molar-refractivity contribution in [1.82, 2.24) is 5.16 Å². The van der Waals surface area contributed by atoms with E-state index in [2.05, 4.69) is 10.5 Å². The van der Waals surface area contributed by atoms with Crippen molar-refractivity contribution in [2.45, 2.75) is 19.8 Å². The number of ether oxygens (including phenoxy) is 1. The number of benzene rings is 3. The van der Waals surface area contributed by atoms with E-state index in [-0.39, 0.29) is 12.2 Å². The lowest BCUT2D eigenvalue weighted by Gasteiger charge is -2.09. The molecule has 0 aliphatic carbocycles. The quantitative estimate of drug-likeness (QED) is 0.297. The first-order valence-electron chi connectivity index (χ1n) is 11.0. The van der Waals surface area contributed by atoms with Gasteiger partial charge in [-0.15, -0.1) is 0 Å². The first-order chi connectivity index (χ1) is 16.9. The number of hydrogen-bond acceptors (Lipinski definition) is 5. The fraction of sp³-hybridized carbons (Fsp3) is 0.148. The van der Waals surface area contributed by atoms with Crippen molar-refractivity contribution in [2.75, 3.05) is 11.9 Å². The highest BCUT2D eigenvalue weighted by Crippen LogP contribution is 2.30. The Labute approximate surface area is 207 Å². The minimum Gasteiger partial charge on any atom is -0.478 e. The lowest BCUT2D eigenvalue weighted by atomic mass is 10.0. The van der Waals surface area contributed by atoms with Gasteiger partial charge < -0.3 is 14.4 Å². The summed E-state index contributed by atoms with van der Waals surface area (Å²) in [5.41, 5.74) is 4.75. The van der Waals surface area contributed by atoms with Gasteiger partial charge in [-0.2, -0.15) is 0 Å². The highest BCUT2D eigenvalue weighted by molar-refractivity contribution is 6.31. The molecule has 178 valence electrons. The second-order valence-corrected chi connectivity index (χ2v) is 8.35. The predicted molar refractivity (Wildman–Crippen MR) is 133 cm³/mol. The molecule has 0 bridgehead atoms. The van der Waals surface area contributed by atoms with Crippen molar-refractivity contribution in [3.63, 3.8) is 0 Å². The Morgan fingerprint density at radius 2 is 1.80 bits per heavy atom. The summed E-state index contributed by atoms with van der Waals surface area (Å²) in [6.45, 7) is 1.88. The summed E-state index contributed by atoms with van der Waals surface area (Å²) in [6.07, 6.45) is 0.473. The number of aryl methyl sites for hydroxylation is 1. The van der Waals surface area contributed by atoms with Gasteiger partial charge in [-0.3, -0.25) is 5.32 Å². The van der Waals surface area contributed by atoms with Crippen molar-refractivity contribution in [1.29, 1.82) is 0 Å². The fourth-order valence-electron chi connectivity index (χ4n) is 3.64. The predicted octanol–water partition coefficient (Wildman–Crippen LogP) is 6.38. The van der Waals surface area contributed by atoms with Crippen LogP contribution in [-0.2, 0) is 17.6 Å². The van der Waals surface area contributed by atoms with Crippen LogP contribution >= 0.6 is 11.6 Å². The molecule has 1 heterocycles. The van der Waals surface area contributed by atoms with E-state index < -0.39 is 12.1 Å². The summed E-state index contributed by atoms with van der Waals surface area (Å²) in [4.78, 5) is 23.6. The van der Waals surface area contributed by atoms with Gasteiger partial charge in [-0.25, -0.2) is 9.59 Å². The van der Waals surface area contributed by atoms with Crippen LogP contribution in [0.3, 0.4) is 0 Å². The molecule has 8 heteroatoms. The average Bonchev–Trinajstić information content (AvgIpc) is 3.21. The van der Waals surface area contributed by atoms with Crippen molar-refractivity contribution in [2.24, 2.45) is 0 Å². The zero-order valence-corrected chi connectivity index (χ0v) is 19.7. The molecule has 35 heavy (non-hydrogen) atoms. The molecule has 1 aromatic heterocycles. The van der Waals surface area contributed by atoms with Crippen LogP contribution in [0.4, 0.5) is 10.5 Å². The Balaban J connectivity index is 1.40. The van der Waals surface area contributed by atoms with Gasteiger partial charge in [0.25, 0.3) is 0 Å². The van der Waals surface area contributed by atoms with Crippen LogP contribution in [0.5, 0.6) is 0 Å². The van der Waals surface area contributed by atoms with E-state index in [9.17, 15) is 14.7 Å². The Bertz CT molecular complexity index is 1350. The molecule has 0 saturated heterocycles. The molecule has 0 aliphatic heterocycles. The molecule has 0 radical (unpaired) electrons. The number of carboxylic acids is 1. The molecular formula is C27H23ClN2O5. The number of rotatable bonds is 8. The van der Waals surface area contributed by atoms with Gasteiger partial charge in [-0.1, -0.05) is 71.4 Å². The molecule has 3 aromatic carbocycles. The first kappa shape index (κ1) is 24.0. The summed E-state index contributed by atoms with van der Waals surface area (Å²) in [5.74, 6) is -0.497. The highest BCUT2D eigenvalue weighted by Gasteiger charge is 2.18. The van der Waals surface area contributed by atoms with Crippen molar-refractivity contribution in [3.8, 4) is 11.3 Å². The molecule has 0 atom stereocenters. The van der Waals surface area contributed by atoms with Crippen molar-refractivity contribution in [3.05, 3.63) is 106 Å². The zero-order chi connectivity index (χ0) is 24.8. The van der Waals surface area contributed by atoms with Gasteiger partial charge in [0.05, 0.1) is 12.2 Å². The van der Waals surface area contributed by atoms with Crippen LogP contribution in [0.1, 0.15) is 32.8 Å². The normalized spacial score (nSPS) is 10.7. The van der Waals surface area contributed by atoms with Crippen LogP contribution < -0.4 is 5.32 Å². The van der Waals surface area contributed by atoms with Gasteiger partial charge in [0.15, 0.2) is 5.76 Å². The summed E-state index contributed by atoms with van der Waals surface area (Å²) >= 11 is 6.14. The molecule has 4 rings (SSSR count). The van der Waals surface area contributed by atoms with E-state index in [0.717, 1.165) is 22.3 Å². The third-order valence-electron chi connectivity index (χ3n) is 5.46. The van der Waals surface area contributed by atoms with Crippen LogP contribution in [0.2, 0.25) is 5.02 Å². The monoisotopic (exact) mass is 490 g/mol. The molecule has 0 unspecified atom stereocenters. The van der Waals surface area contributed by atoms with E-state index in [1.165, 1.54) is 0 Å². The van der Waals surface area contributed by atoms with Gasteiger partial charge >= 0.3 is 12.1 Å². The number of carboxylic acid groups (broad SMARTS) is 1. The number of carbonyl (C=O) groups is 2. The summed E-state index contributed by atoms with van der Waals surface area (Å²) in [5, 5.41) is 16.6. The first-order valence-corrected chi connectivity index (χ1v) is 11.3. The van der Waals surface area contributed by atoms with Crippen LogP contribution in [-0.4, -0.2) is 28.9 Å². The minimum atomic E-state index is -0.953. The minimum absolute atomic E-state index is 0.174. The topological polar surface area (TPSA) is 102 Å². The van der Waals surface area contributed by atoms with E-state index in [0.29, 0.717) is 35.0 Å². The number of hydrogen-bond donors (Lipinski definition) is 2. The molecule has 0 aliphatic rings. The fourth-order valence-corrected chi connectivity index (χ4v) is 3.87. The SMILES string of the molecule is Cc1onc(-c2ccc(Cc3cccc(C(=O)O)c3)cc2)c1NC(=O)OCCc1ccccc1Cl. The Morgan fingerprint density at radius 3 is 2.54 bits per heavy atom. The van der Waals surface area contributed by atoms with Crippen LogP contribution in [0.25, 0.3) is 11.3 Å². The van der Waals surface area contributed by atoms with Crippen LogP contribution in [0.15, 0.2) is 77.3 Å².